The van der Waals surface area contributed by atoms with Gasteiger partial charge in [0.05, 0.1) is 6.10 Å². The molecule has 0 saturated heterocycles. The number of fused-ring (bicyclic) bond motifs is 3. The van der Waals surface area contributed by atoms with E-state index in [4.69, 9.17) is 4.74 Å². The van der Waals surface area contributed by atoms with Crippen molar-refractivity contribution in [3.63, 3.8) is 0 Å². The predicted octanol–water partition coefficient (Wildman–Crippen LogP) is 7.17. The molecule has 4 aromatic carbocycles. The number of aromatic nitrogens is 1. The molecule has 5 nitrogen and oxygen atoms in total. The number of benzene rings is 4. The maximum atomic E-state index is 12.1. The predicted molar refractivity (Wildman–Crippen MR) is 162 cm³/mol. The first-order valence-corrected chi connectivity index (χ1v) is 14.7. The van der Waals surface area contributed by atoms with Gasteiger partial charge in [0, 0.05) is 54.5 Å². The summed E-state index contributed by atoms with van der Waals surface area (Å²) in [6.07, 6.45) is -0.532. The van der Waals surface area contributed by atoms with Crippen LogP contribution < -0.4 is 10.1 Å². The molecule has 194 valence electrons. The van der Waals surface area contributed by atoms with Crippen LogP contribution in [0.4, 0.5) is 0 Å². The maximum absolute atomic E-state index is 12.1. The van der Waals surface area contributed by atoms with Gasteiger partial charge in [0.25, 0.3) is 5.91 Å². The van der Waals surface area contributed by atoms with E-state index in [1.807, 2.05) is 66.7 Å². The van der Waals surface area contributed by atoms with E-state index in [-0.39, 0.29) is 12.5 Å². The molecule has 1 unspecified atom stereocenters. The van der Waals surface area contributed by atoms with Crippen molar-refractivity contribution in [2.75, 3.05) is 12.4 Å². The van der Waals surface area contributed by atoms with Crippen LogP contribution in [0.15, 0.2) is 105 Å². The second-order valence-corrected chi connectivity index (χ2v) is 11.8. The Morgan fingerprint density at radius 3 is 2.16 bits per heavy atom. The van der Waals surface area contributed by atoms with Crippen LogP contribution in [0.5, 0.6) is 5.75 Å². The number of amides is 1. The molecule has 1 heterocycles. The Morgan fingerprint density at radius 2 is 1.53 bits per heavy atom. The molecule has 1 atom stereocenters. The SMILES string of the molecule is O=C(COc1ccc(SCC(O)Cn2c3ccc(Br)cc3c3cc(Br)ccc32)cc1)NCc1ccccc1. The average molecular weight is 654 g/mol. The molecule has 38 heavy (non-hydrogen) atoms. The zero-order valence-corrected chi connectivity index (χ0v) is 24.4. The summed E-state index contributed by atoms with van der Waals surface area (Å²) in [6, 6.07) is 29.9. The van der Waals surface area contributed by atoms with E-state index in [9.17, 15) is 9.90 Å². The Labute approximate surface area is 242 Å². The quantitative estimate of drug-likeness (QED) is 0.157. The average Bonchev–Trinajstić information content (AvgIpc) is 3.22. The topological polar surface area (TPSA) is 63.5 Å². The van der Waals surface area contributed by atoms with Crippen LogP contribution in [0.1, 0.15) is 5.56 Å². The van der Waals surface area contributed by atoms with Gasteiger partial charge in [-0.1, -0.05) is 62.2 Å². The third-order valence-electron chi connectivity index (χ3n) is 6.15. The number of hydrogen-bond acceptors (Lipinski definition) is 4. The van der Waals surface area contributed by atoms with Crippen molar-refractivity contribution in [3.8, 4) is 5.75 Å². The van der Waals surface area contributed by atoms with Gasteiger partial charge >= 0.3 is 0 Å². The number of carbonyl (C=O) groups is 1. The smallest absolute Gasteiger partial charge is 0.258 e. The van der Waals surface area contributed by atoms with E-state index < -0.39 is 6.10 Å². The summed E-state index contributed by atoms with van der Waals surface area (Å²) in [5.41, 5.74) is 3.24. The third kappa shape index (κ3) is 6.61. The monoisotopic (exact) mass is 652 g/mol. The third-order valence-corrected chi connectivity index (χ3v) is 8.29. The number of thioether (sulfide) groups is 1. The minimum atomic E-state index is -0.532. The number of aliphatic hydroxyl groups is 1. The Hall–Kier alpha value is -2.78. The van der Waals surface area contributed by atoms with E-state index in [0.717, 1.165) is 41.2 Å². The van der Waals surface area contributed by atoms with Crippen LogP contribution in [0, 0.1) is 0 Å². The van der Waals surface area contributed by atoms with Crippen LogP contribution in [-0.2, 0) is 17.9 Å². The molecule has 0 fully saturated rings. The second-order valence-electron chi connectivity index (χ2n) is 8.92. The van der Waals surface area contributed by atoms with Gasteiger partial charge in [0.2, 0.25) is 0 Å². The largest absolute Gasteiger partial charge is 0.484 e. The maximum Gasteiger partial charge on any atom is 0.258 e. The van der Waals surface area contributed by atoms with Crippen molar-refractivity contribution in [1.29, 1.82) is 0 Å². The fourth-order valence-corrected chi connectivity index (χ4v) is 5.87. The number of hydrogen-bond donors (Lipinski definition) is 2. The van der Waals surface area contributed by atoms with Crippen LogP contribution in [-0.4, -0.2) is 34.0 Å². The van der Waals surface area contributed by atoms with Gasteiger partial charge in [0.1, 0.15) is 5.75 Å². The van der Waals surface area contributed by atoms with Gasteiger partial charge in [-0.25, -0.2) is 0 Å². The zero-order chi connectivity index (χ0) is 26.5. The van der Waals surface area contributed by atoms with E-state index >= 15 is 0 Å². The molecule has 0 aliphatic rings. The van der Waals surface area contributed by atoms with E-state index in [2.05, 4.69) is 66.0 Å². The van der Waals surface area contributed by atoms with Crippen LogP contribution in [0.2, 0.25) is 0 Å². The number of carbonyl (C=O) groups excluding carboxylic acids is 1. The number of ether oxygens (including phenoxy) is 1. The van der Waals surface area contributed by atoms with Gasteiger partial charge in [-0.2, -0.15) is 0 Å². The fraction of sp³-hybridized carbons (Fsp3) is 0.167. The Kier molecular flexibility index (Phi) is 8.74. The number of rotatable bonds is 10. The lowest BCUT2D eigenvalue weighted by molar-refractivity contribution is -0.123. The van der Waals surface area contributed by atoms with Crippen molar-refractivity contribution >= 4 is 71.3 Å². The molecular formula is C30H26Br2N2O3S. The second kappa shape index (κ2) is 12.4. The van der Waals surface area contributed by atoms with Gasteiger partial charge in [-0.3, -0.25) is 4.79 Å². The minimum Gasteiger partial charge on any atom is -0.484 e. The zero-order valence-electron chi connectivity index (χ0n) is 20.4. The van der Waals surface area contributed by atoms with Crippen molar-refractivity contribution in [2.24, 2.45) is 0 Å². The van der Waals surface area contributed by atoms with Gasteiger partial charge in [0.15, 0.2) is 6.61 Å². The molecular weight excluding hydrogens is 628 g/mol. The normalized spacial score (nSPS) is 12.1. The number of nitrogens with zero attached hydrogens (tertiary/aromatic N) is 1. The van der Waals surface area contributed by atoms with Gasteiger partial charge < -0.3 is 19.7 Å². The standard InChI is InChI=1S/C30H26Br2N2O3S/c31-21-6-12-28-26(14-21)27-15-22(32)7-13-29(27)34(28)17-23(35)19-38-25-10-8-24(9-11-25)37-18-30(36)33-16-20-4-2-1-3-5-20/h1-15,23,35H,16-19H2,(H,33,36). The summed E-state index contributed by atoms with van der Waals surface area (Å²) in [7, 11) is 0. The molecule has 0 saturated carbocycles. The number of nitrogens with one attached hydrogen (secondary N) is 1. The highest BCUT2D eigenvalue weighted by atomic mass is 79.9. The van der Waals surface area contributed by atoms with Crippen molar-refractivity contribution < 1.29 is 14.6 Å². The summed E-state index contributed by atoms with van der Waals surface area (Å²) in [6.45, 7) is 0.935. The fourth-order valence-electron chi connectivity index (χ4n) is 4.33. The molecule has 8 heteroatoms. The van der Waals surface area contributed by atoms with Crippen LogP contribution >= 0.6 is 43.6 Å². The molecule has 1 aromatic heterocycles. The van der Waals surface area contributed by atoms with E-state index in [1.54, 1.807) is 11.8 Å². The lowest BCUT2D eigenvalue weighted by Gasteiger charge is -2.14. The molecule has 0 spiro atoms. The first kappa shape index (κ1) is 26.8. The lowest BCUT2D eigenvalue weighted by atomic mass is 10.2. The summed E-state index contributed by atoms with van der Waals surface area (Å²) >= 11 is 8.76. The summed E-state index contributed by atoms with van der Waals surface area (Å²) in [5.74, 6) is 1.02. The molecule has 0 aliphatic carbocycles. The van der Waals surface area contributed by atoms with Gasteiger partial charge in [-0.15, -0.1) is 11.8 Å². The van der Waals surface area contributed by atoms with Gasteiger partial charge in [-0.05, 0) is 66.2 Å². The van der Waals surface area contributed by atoms with Crippen LogP contribution in [0.25, 0.3) is 21.8 Å². The molecule has 0 bridgehead atoms. The van der Waals surface area contributed by atoms with E-state index in [1.165, 1.54) is 0 Å². The summed E-state index contributed by atoms with van der Waals surface area (Å²) in [4.78, 5) is 13.1. The molecule has 0 radical (unpaired) electrons. The molecule has 5 rings (SSSR count). The highest BCUT2D eigenvalue weighted by Gasteiger charge is 2.15. The van der Waals surface area contributed by atoms with Crippen molar-refractivity contribution in [1.82, 2.24) is 9.88 Å². The molecule has 1 amide bonds. The summed E-state index contributed by atoms with van der Waals surface area (Å²) in [5, 5.41) is 16.1. The highest BCUT2D eigenvalue weighted by Crippen LogP contribution is 2.33. The summed E-state index contributed by atoms with van der Waals surface area (Å²) < 4.78 is 9.87. The molecule has 2 N–H and O–H groups in total. The lowest BCUT2D eigenvalue weighted by Crippen LogP contribution is -2.28. The van der Waals surface area contributed by atoms with Crippen molar-refractivity contribution in [2.45, 2.75) is 24.1 Å². The van der Waals surface area contributed by atoms with E-state index in [0.29, 0.717) is 24.6 Å². The Bertz CT molecular complexity index is 1500. The first-order valence-electron chi connectivity index (χ1n) is 12.2. The Balaban J connectivity index is 1.15. The number of halogens is 2. The highest BCUT2D eigenvalue weighted by molar-refractivity contribution is 9.10. The van der Waals surface area contributed by atoms with Crippen LogP contribution in [0.3, 0.4) is 0 Å². The minimum absolute atomic E-state index is 0.0377. The molecule has 0 aliphatic heterocycles. The Morgan fingerprint density at radius 1 is 0.895 bits per heavy atom. The van der Waals surface area contributed by atoms with Crippen molar-refractivity contribution in [3.05, 3.63) is 106 Å². The number of aliphatic hydroxyl groups excluding tert-OH is 1. The first-order chi connectivity index (χ1) is 18.5. The molecule has 5 aromatic rings.